The number of aliphatic carboxylic acids is 1. The van der Waals surface area contributed by atoms with Crippen LogP contribution in [0, 0.1) is 11.8 Å². The first-order chi connectivity index (χ1) is 8.08. The second kappa shape index (κ2) is 4.91. The van der Waals surface area contributed by atoms with Crippen molar-refractivity contribution in [1.29, 1.82) is 0 Å². The van der Waals surface area contributed by atoms with E-state index in [9.17, 15) is 9.59 Å². The molecule has 0 aromatic heterocycles. The fourth-order valence-corrected chi connectivity index (χ4v) is 1.98. The molecule has 6 heteroatoms. The molecule has 1 aliphatic carbocycles. The van der Waals surface area contributed by atoms with Gasteiger partial charge in [0.1, 0.15) is 5.92 Å². The van der Waals surface area contributed by atoms with Gasteiger partial charge in [-0.1, -0.05) is 0 Å². The first-order valence-corrected chi connectivity index (χ1v) is 5.90. The molecule has 2 rings (SSSR count). The maximum absolute atomic E-state index is 11.8. The predicted octanol–water partition coefficient (Wildman–Crippen LogP) is 0.137. The van der Waals surface area contributed by atoms with E-state index >= 15 is 0 Å². The van der Waals surface area contributed by atoms with Gasteiger partial charge in [-0.15, -0.1) is 0 Å². The van der Waals surface area contributed by atoms with Crippen molar-refractivity contribution in [2.45, 2.75) is 18.9 Å². The number of nitrogens with zero attached hydrogens (tertiary/aromatic N) is 1. The Hall–Kier alpha value is -1.30. The average Bonchev–Trinajstić information content (AvgIpc) is 2.94. The number of amides is 2. The van der Waals surface area contributed by atoms with Gasteiger partial charge in [0.05, 0.1) is 19.3 Å². The maximum Gasteiger partial charge on any atom is 0.317 e. The van der Waals surface area contributed by atoms with Crippen LogP contribution in [0.5, 0.6) is 0 Å². The molecule has 96 valence electrons. The quantitative estimate of drug-likeness (QED) is 0.735. The highest BCUT2D eigenvalue weighted by Gasteiger charge is 2.36. The third-order valence-electron chi connectivity index (χ3n) is 3.28. The first-order valence-electron chi connectivity index (χ1n) is 5.90. The van der Waals surface area contributed by atoms with Crippen molar-refractivity contribution in [3.05, 3.63) is 0 Å². The van der Waals surface area contributed by atoms with E-state index < -0.39 is 17.9 Å². The van der Waals surface area contributed by atoms with Crippen molar-refractivity contribution < 1.29 is 19.4 Å². The second-order valence-electron chi connectivity index (χ2n) is 4.86. The number of carboxylic acids is 1. The molecule has 0 bridgehead atoms. The largest absolute Gasteiger partial charge is 0.481 e. The Balaban J connectivity index is 1.82. The highest BCUT2D eigenvalue weighted by atomic mass is 16.5. The minimum absolute atomic E-state index is 0.173. The number of carboxylic acid groups (broad SMARTS) is 1. The molecule has 0 aromatic rings. The first kappa shape index (κ1) is 12.2. The van der Waals surface area contributed by atoms with Crippen molar-refractivity contribution in [2.24, 2.45) is 11.8 Å². The number of rotatable bonds is 4. The van der Waals surface area contributed by atoms with Crippen LogP contribution in [0.1, 0.15) is 12.8 Å². The van der Waals surface area contributed by atoms with E-state index in [1.165, 1.54) is 12.8 Å². The fourth-order valence-electron chi connectivity index (χ4n) is 1.98. The van der Waals surface area contributed by atoms with Gasteiger partial charge in [-0.25, -0.2) is 4.79 Å². The highest BCUT2D eigenvalue weighted by Crippen LogP contribution is 2.29. The lowest BCUT2D eigenvalue weighted by Gasteiger charge is -2.22. The molecule has 0 radical (unpaired) electrons. The van der Waals surface area contributed by atoms with Gasteiger partial charge in [-0.05, 0) is 18.8 Å². The summed E-state index contributed by atoms with van der Waals surface area (Å²) in [6, 6.07) is -0.625. The van der Waals surface area contributed by atoms with Crippen LogP contribution in [0.25, 0.3) is 0 Å². The zero-order valence-electron chi connectivity index (χ0n) is 9.89. The smallest absolute Gasteiger partial charge is 0.317 e. The van der Waals surface area contributed by atoms with Gasteiger partial charge < -0.3 is 20.1 Å². The average molecular weight is 242 g/mol. The molecule has 2 amide bonds. The molecule has 1 saturated carbocycles. The van der Waals surface area contributed by atoms with E-state index in [1.807, 2.05) is 0 Å². The van der Waals surface area contributed by atoms with Crippen molar-refractivity contribution in [3.63, 3.8) is 0 Å². The number of ether oxygens (including phenoxy) is 1. The summed E-state index contributed by atoms with van der Waals surface area (Å²) < 4.78 is 5.09. The van der Waals surface area contributed by atoms with E-state index in [0.29, 0.717) is 5.92 Å². The minimum Gasteiger partial charge on any atom is -0.481 e. The summed E-state index contributed by atoms with van der Waals surface area (Å²) in [4.78, 5) is 24.3. The molecule has 0 spiro atoms. The lowest BCUT2D eigenvalue weighted by atomic mass is 10.0. The fraction of sp³-hybridized carbons (Fsp3) is 0.818. The molecule has 2 N–H and O–H groups in total. The Morgan fingerprint density at radius 3 is 2.71 bits per heavy atom. The van der Waals surface area contributed by atoms with Crippen LogP contribution in [-0.2, 0) is 9.53 Å². The van der Waals surface area contributed by atoms with Crippen LogP contribution in [0.2, 0.25) is 0 Å². The Kier molecular flexibility index (Phi) is 3.51. The summed E-state index contributed by atoms with van der Waals surface area (Å²) >= 11 is 0. The maximum atomic E-state index is 11.8. The molecule has 2 aliphatic rings. The van der Waals surface area contributed by atoms with Crippen molar-refractivity contribution in [3.8, 4) is 0 Å². The summed E-state index contributed by atoms with van der Waals surface area (Å²) in [6.45, 7) is 1.20. The van der Waals surface area contributed by atoms with Gasteiger partial charge in [0.25, 0.3) is 0 Å². The minimum atomic E-state index is -0.919. The SMILES string of the molecule is CN(CC1CC1)C(=O)NC1COCC1C(=O)O. The number of hydrogen-bond acceptors (Lipinski definition) is 3. The van der Waals surface area contributed by atoms with Gasteiger partial charge in [0, 0.05) is 13.6 Å². The lowest BCUT2D eigenvalue weighted by molar-refractivity contribution is -0.142. The lowest BCUT2D eigenvalue weighted by Crippen LogP contribution is -2.48. The van der Waals surface area contributed by atoms with Crippen molar-refractivity contribution in [2.75, 3.05) is 26.8 Å². The van der Waals surface area contributed by atoms with E-state index in [2.05, 4.69) is 5.32 Å². The van der Waals surface area contributed by atoms with Crippen LogP contribution in [0.4, 0.5) is 4.79 Å². The Labute approximate surface area is 99.9 Å². The van der Waals surface area contributed by atoms with Crippen LogP contribution < -0.4 is 5.32 Å². The summed E-state index contributed by atoms with van der Waals surface area (Å²) in [5.41, 5.74) is 0. The van der Waals surface area contributed by atoms with Crippen molar-refractivity contribution >= 4 is 12.0 Å². The second-order valence-corrected chi connectivity index (χ2v) is 4.86. The Morgan fingerprint density at radius 2 is 2.12 bits per heavy atom. The molecule has 1 aliphatic heterocycles. The molecular formula is C11H18N2O4. The molecule has 2 atom stereocenters. The van der Waals surface area contributed by atoms with Gasteiger partial charge in [-0.3, -0.25) is 4.79 Å². The third kappa shape index (κ3) is 3.09. The van der Waals surface area contributed by atoms with E-state index in [-0.39, 0.29) is 19.2 Å². The third-order valence-corrected chi connectivity index (χ3v) is 3.28. The van der Waals surface area contributed by atoms with E-state index in [4.69, 9.17) is 9.84 Å². The number of carbonyl (C=O) groups excluding carboxylic acids is 1. The van der Waals surface area contributed by atoms with Crippen LogP contribution in [-0.4, -0.2) is 54.9 Å². The summed E-state index contributed by atoms with van der Waals surface area (Å²) in [5.74, 6) is -0.924. The molecule has 1 saturated heterocycles. The number of hydrogen-bond donors (Lipinski definition) is 2. The molecule has 2 fully saturated rings. The van der Waals surface area contributed by atoms with E-state index in [1.54, 1.807) is 11.9 Å². The molecule has 17 heavy (non-hydrogen) atoms. The monoisotopic (exact) mass is 242 g/mol. The molecule has 0 aromatic carbocycles. The topological polar surface area (TPSA) is 78.9 Å². The van der Waals surface area contributed by atoms with Gasteiger partial charge in [-0.2, -0.15) is 0 Å². The van der Waals surface area contributed by atoms with Crippen LogP contribution in [0.15, 0.2) is 0 Å². The standard InChI is InChI=1S/C11H18N2O4/c1-13(4-7-2-3-7)11(16)12-9-6-17-5-8(9)10(14)15/h7-9H,2-6H2,1H3,(H,12,16)(H,14,15). The van der Waals surface area contributed by atoms with E-state index in [0.717, 1.165) is 6.54 Å². The molecular weight excluding hydrogens is 224 g/mol. The Bertz CT molecular complexity index is 317. The number of carbonyl (C=O) groups is 2. The summed E-state index contributed by atoms with van der Waals surface area (Å²) in [7, 11) is 1.74. The van der Waals surface area contributed by atoms with Crippen molar-refractivity contribution in [1.82, 2.24) is 10.2 Å². The normalized spacial score (nSPS) is 27.8. The Morgan fingerprint density at radius 1 is 1.41 bits per heavy atom. The van der Waals surface area contributed by atoms with Gasteiger partial charge in [0.15, 0.2) is 0 Å². The number of urea groups is 1. The van der Waals surface area contributed by atoms with Gasteiger partial charge in [0.2, 0.25) is 0 Å². The summed E-state index contributed by atoms with van der Waals surface area (Å²) in [5, 5.41) is 11.7. The molecule has 1 heterocycles. The zero-order valence-corrected chi connectivity index (χ0v) is 9.89. The predicted molar refractivity (Wildman–Crippen MR) is 59.6 cm³/mol. The van der Waals surface area contributed by atoms with Gasteiger partial charge >= 0.3 is 12.0 Å². The summed E-state index contributed by atoms with van der Waals surface area (Å²) in [6.07, 6.45) is 2.36. The van der Waals surface area contributed by atoms with Crippen LogP contribution in [0.3, 0.4) is 0 Å². The molecule has 6 nitrogen and oxygen atoms in total. The highest BCUT2D eigenvalue weighted by molar-refractivity contribution is 5.77. The number of nitrogens with one attached hydrogen (secondary N) is 1. The van der Waals surface area contributed by atoms with Crippen LogP contribution >= 0.6 is 0 Å². The molecule has 2 unspecified atom stereocenters. The zero-order chi connectivity index (χ0) is 12.4.